The highest BCUT2D eigenvalue weighted by molar-refractivity contribution is 7.92. The molecule has 1 aromatic rings. The van der Waals surface area contributed by atoms with Gasteiger partial charge in [-0.2, -0.15) is 0 Å². The Kier molecular flexibility index (Phi) is 2.75. The molecule has 1 rings (SSSR count). The highest BCUT2D eigenvalue weighted by atomic mass is 35.5. The van der Waals surface area contributed by atoms with Crippen LogP contribution in [0, 0.1) is 4.78 Å². The normalized spacial score (nSPS) is 15.5. The first-order valence-corrected chi connectivity index (χ1v) is 5.69. The maximum atomic E-state index is 11.5. The molecule has 1 unspecified atom stereocenters. The van der Waals surface area contributed by atoms with Crippen molar-refractivity contribution in [1.29, 1.82) is 4.78 Å². The fourth-order valence-electron chi connectivity index (χ4n) is 0.821. The SMILES string of the molecule is CCS(=N)(=O)c1ccc(Cl)cc1. The molecule has 0 fully saturated rings. The van der Waals surface area contributed by atoms with Crippen LogP contribution >= 0.6 is 11.6 Å². The minimum atomic E-state index is -2.57. The van der Waals surface area contributed by atoms with Crippen molar-refractivity contribution in [2.75, 3.05) is 5.75 Å². The summed E-state index contributed by atoms with van der Waals surface area (Å²) >= 11 is 5.65. The first-order chi connectivity index (χ1) is 5.56. The van der Waals surface area contributed by atoms with Gasteiger partial charge in [0.25, 0.3) is 0 Å². The molecule has 0 spiro atoms. The van der Waals surface area contributed by atoms with Gasteiger partial charge in [-0.3, -0.25) is 0 Å². The summed E-state index contributed by atoms with van der Waals surface area (Å²) in [5.74, 6) is 0.342. The summed E-state index contributed by atoms with van der Waals surface area (Å²) in [4.78, 5) is 0.550. The Hall–Kier alpha value is -0.540. The van der Waals surface area contributed by atoms with Crippen molar-refractivity contribution in [3.63, 3.8) is 0 Å². The van der Waals surface area contributed by atoms with Gasteiger partial charge in [0.2, 0.25) is 0 Å². The molecular weight excluding hydrogens is 194 g/mol. The van der Waals surface area contributed by atoms with Crippen LogP contribution in [-0.4, -0.2) is 9.96 Å². The van der Waals surface area contributed by atoms with Crippen LogP contribution in [0.25, 0.3) is 0 Å². The van der Waals surface area contributed by atoms with Crippen LogP contribution in [0.5, 0.6) is 0 Å². The monoisotopic (exact) mass is 203 g/mol. The van der Waals surface area contributed by atoms with E-state index in [1.54, 1.807) is 31.2 Å². The number of rotatable bonds is 2. The van der Waals surface area contributed by atoms with E-state index in [0.29, 0.717) is 15.7 Å². The van der Waals surface area contributed by atoms with Crippen molar-refractivity contribution in [1.82, 2.24) is 0 Å². The number of halogens is 1. The summed E-state index contributed by atoms with van der Waals surface area (Å²) in [6.07, 6.45) is 0. The summed E-state index contributed by atoms with van der Waals surface area (Å²) < 4.78 is 19.0. The van der Waals surface area contributed by atoms with Crippen molar-refractivity contribution >= 4 is 21.3 Å². The van der Waals surface area contributed by atoms with Gasteiger partial charge in [-0.15, -0.1) is 0 Å². The van der Waals surface area contributed by atoms with Gasteiger partial charge in [-0.1, -0.05) is 18.5 Å². The topological polar surface area (TPSA) is 40.9 Å². The first-order valence-electron chi connectivity index (χ1n) is 3.58. The Labute approximate surface area is 77.5 Å². The number of hydrogen-bond donors (Lipinski definition) is 1. The summed E-state index contributed by atoms with van der Waals surface area (Å²) in [5.41, 5.74) is 0. The third-order valence-electron chi connectivity index (χ3n) is 1.60. The fourth-order valence-corrected chi connectivity index (χ4v) is 1.86. The standard InChI is InChI=1S/C8H10ClNOS/c1-2-12(10,11)8-5-3-7(9)4-6-8/h3-6,10H,2H2,1H3. The first kappa shape index (κ1) is 9.55. The zero-order chi connectivity index (χ0) is 9.19. The van der Waals surface area contributed by atoms with Gasteiger partial charge >= 0.3 is 0 Å². The van der Waals surface area contributed by atoms with Crippen LogP contribution in [0.2, 0.25) is 5.02 Å². The van der Waals surface area contributed by atoms with Gasteiger partial charge in [-0.25, -0.2) is 8.99 Å². The van der Waals surface area contributed by atoms with Crippen LogP contribution in [0.4, 0.5) is 0 Å². The van der Waals surface area contributed by atoms with Crippen molar-refractivity contribution in [2.24, 2.45) is 0 Å². The molecule has 0 bridgehead atoms. The lowest BCUT2D eigenvalue weighted by Crippen LogP contribution is -2.00. The van der Waals surface area contributed by atoms with Gasteiger partial charge < -0.3 is 0 Å². The quantitative estimate of drug-likeness (QED) is 0.789. The molecule has 0 saturated carbocycles. The molecule has 4 heteroatoms. The Morgan fingerprint density at radius 2 is 1.92 bits per heavy atom. The molecule has 0 aliphatic heterocycles. The minimum absolute atomic E-state index is 0.342. The van der Waals surface area contributed by atoms with E-state index in [-0.39, 0.29) is 0 Å². The second-order valence-corrected chi connectivity index (χ2v) is 5.25. The van der Waals surface area contributed by atoms with Crippen molar-refractivity contribution < 1.29 is 4.21 Å². The smallest absolute Gasteiger partial charge is 0.0723 e. The average molecular weight is 204 g/mol. The average Bonchev–Trinajstić information content (AvgIpc) is 2.05. The maximum Gasteiger partial charge on any atom is 0.0723 e. The van der Waals surface area contributed by atoms with E-state index in [0.717, 1.165) is 0 Å². The lowest BCUT2D eigenvalue weighted by Gasteiger charge is -2.03. The van der Waals surface area contributed by atoms with Crippen molar-refractivity contribution in [3.05, 3.63) is 29.3 Å². The third-order valence-corrected chi connectivity index (χ3v) is 3.70. The Morgan fingerprint density at radius 3 is 2.33 bits per heavy atom. The van der Waals surface area contributed by atoms with E-state index >= 15 is 0 Å². The van der Waals surface area contributed by atoms with Gasteiger partial charge in [-0.05, 0) is 24.3 Å². The van der Waals surface area contributed by atoms with E-state index in [4.69, 9.17) is 16.4 Å². The van der Waals surface area contributed by atoms with Gasteiger partial charge in [0, 0.05) is 15.7 Å². The molecule has 0 heterocycles. The predicted octanol–water partition coefficient (Wildman–Crippen LogP) is 2.77. The van der Waals surface area contributed by atoms with E-state index in [1.165, 1.54) is 0 Å². The van der Waals surface area contributed by atoms with Crippen LogP contribution in [0.1, 0.15) is 6.92 Å². The highest BCUT2D eigenvalue weighted by Gasteiger charge is 2.05. The minimum Gasteiger partial charge on any atom is -0.249 e. The zero-order valence-corrected chi connectivity index (χ0v) is 8.28. The molecule has 0 aliphatic carbocycles. The molecule has 1 N–H and O–H groups in total. The zero-order valence-electron chi connectivity index (χ0n) is 6.71. The fraction of sp³-hybridized carbons (Fsp3) is 0.250. The maximum absolute atomic E-state index is 11.5. The lowest BCUT2D eigenvalue weighted by atomic mass is 10.4. The van der Waals surface area contributed by atoms with Gasteiger partial charge in [0.05, 0.1) is 9.73 Å². The molecule has 12 heavy (non-hydrogen) atoms. The molecule has 0 aliphatic rings. The molecule has 1 aromatic carbocycles. The highest BCUT2D eigenvalue weighted by Crippen LogP contribution is 2.15. The van der Waals surface area contributed by atoms with Gasteiger partial charge in [0.1, 0.15) is 0 Å². The van der Waals surface area contributed by atoms with Crippen LogP contribution in [0.15, 0.2) is 29.2 Å². The lowest BCUT2D eigenvalue weighted by molar-refractivity contribution is 0.675. The summed E-state index contributed by atoms with van der Waals surface area (Å²) in [7, 11) is -2.57. The number of hydrogen-bond acceptors (Lipinski definition) is 2. The molecule has 0 aromatic heterocycles. The van der Waals surface area contributed by atoms with Crippen molar-refractivity contribution in [2.45, 2.75) is 11.8 Å². The Bertz CT molecular complexity index is 355. The van der Waals surface area contributed by atoms with Crippen LogP contribution in [0.3, 0.4) is 0 Å². The Morgan fingerprint density at radius 1 is 1.42 bits per heavy atom. The van der Waals surface area contributed by atoms with Gasteiger partial charge in [0.15, 0.2) is 0 Å². The molecule has 0 radical (unpaired) electrons. The van der Waals surface area contributed by atoms with Crippen LogP contribution < -0.4 is 0 Å². The molecule has 0 amide bonds. The number of nitrogens with one attached hydrogen (secondary N) is 1. The molecule has 66 valence electrons. The van der Waals surface area contributed by atoms with E-state index in [9.17, 15) is 4.21 Å². The van der Waals surface area contributed by atoms with E-state index in [2.05, 4.69) is 0 Å². The molecule has 2 nitrogen and oxygen atoms in total. The molecular formula is C8H10ClNOS. The second kappa shape index (κ2) is 3.46. The van der Waals surface area contributed by atoms with Crippen molar-refractivity contribution in [3.8, 4) is 0 Å². The van der Waals surface area contributed by atoms with E-state index < -0.39 is 9.73 Å². The third kappa shape index (κ3) is 1.99. The second-order valence-electron chi connectivity index (χ2n) is 2.42. The molecule has 0 saturated heterocycles. The summed E-state index contributed by atoms with van der Waals surface area (Å²) in [6, 6.07) is 6.59. The summed E-state index contributed by atoms with van der Waals surface area (Å²) in [6.45, 7) is 1.74. The predicted molar refractivity (Wildman–Crippen MR) is 51.1 cm³/mol. The Balaban J connectivity index is 3.14. The summed E-state index contributed by atoms with van der Waals surface area (Å²) in [5, 5.41) is 0.602. The number of benzene rings is 1. The van der Waals surface area contributed by atoms with Crippen LogP contribution in [-0.2, 0) is 9.73 Å². The largest absolute Gasteiger partial charge is 0.249 e. The molecule has 1 atom stereocenters. The van der Waals surface area contributed by atoms with E-state index in [1.807, 2.05) is 0 Å².